The van der Waals surface area contributed by atoms with E-state index in [1.807, 2.05) is 11.5 Å². The van der Waals surface area contributed by atoms with Crippen molar-refractivity contribution < 1.29 is 9.90 Å². The molecule has 94 valence electrons. The summed E-state index contributed by atoms with van der Waals surface area (Å²) in [5.74, 6) is 0.717. The summed E-state index contributed by atoms with van der Waals surface area (Å²) in [4.78, 5) is 11.4. The predicted octanol–water partition coefficient (Wildman–Crippen LogP) is 1.75. The van der Waals surface area contributed by atoms with Gasteiger partial charge in [-0.05, 0) is 25.2 Å². The zero-order valence-electron chi connectivity index (χ0n) is 10.8. The Morgan fingerprint density at radius 3 is 2.41 bits per heavy atom. The SMILES string of the molecule is Cc1nnc(CC(C)(C)C)n1C1(C(=O)O)CC1. The van der Waals surface area contributed by atoms with Gasteiger partial charge in [0.1, 0.15) is 17.2 Å². The molecule has 1 heterocycles. The fraction of sp³-hybridized carbons (Fsp3) is 0.750. The van der Waals surface area contributed by atoms with Crippen LogP contribution in [0.1, 0.15) is 45.3 Å². The van der Waals surface area contributed by atoms with E-state index in [2.05, 4.69) is 31.0 Å². The molecule has 1 N–H and O–H groups in total. The van der Waals surface area contributed by atoms with E-state index in [-0.39, 0.29) is 5.41 Å². The highest BCUT2D eigenvalue weighted by molar-refractivity contribution is 5.80. The van der Waals surface area contributed by atoms with Crippen LogP contribution in [0, 0.1) is 12.3 Å². The van der Waals surface area contributed by atoms with Gasteiger partial charge in [-0.25, -0.2) is 4.79 Å². The number of carbonyl (C=O) groups is 1. The molecule has 1 fully saturated rings. The summed E-state index contributed by atoms with van der Waals surface area (Å²) in [6.45, 7) is 8.16. The first-order valence-corrected chi connectivity index (χ1v) is 5.91. The van der Waals surface area contributed by atoms with Gasteiger partial charge < -0.3 is 5.11 Å². The van der Waals surface area contributed by atoms with Crippen LogP contribution < -0.4 is 0 Å². The summed E-state index contributed by atoms with van der Waals surface area (Å²) in [6, 6.07) is 0. The minimum atomic E-state index is -0.770. The number of aromatic nitrogens is 3. The van der Waals surface area contributed by atoms with Crippen molar-refractivity contribution >= 4 is 5.97 Å². The molecule has 0 bridgehead atoms. The maximum absolute atomic E-state index is 11.4. The van der Waals surface area contributed by atoms with E-state index in [0.717, 1.165) is 12.2 Å². The van der Waals surface area contributed by atoms with Gasteiger partial charge in [0.25, 0.3) is 0 Å². The molecule has 17 heavy (non-hydrogen) atoms. The van der Waals surface area contributed by atoms with Crippen molar-refractivity contribution in [2.24, 2.45) is 5.41 Å². The maximum Gasteiger partial charge on any atom is 0.329 e. The van der Waals surface area contributed by atoms with Crippen molar-refractivity contribution in [3.8, 4) is 0 Å². The largest absolute Gasteiger partial charge is 0.479 e. The zero-order chi connectivity index (χ0) is 12.8. The average Bonchev–Trinajstić information content (AvgIpc) is 2.87. The quantitative estimate of drug-likeness (QED) is 0.869. The summed E-state index contributed by atoms with van der Waals surface area (Å²) in [5, 5.41) is 17.5. The second kappa shape index (κ2) is 3.55. The Morgan fingerprint density at radius 1 is 1.41 bits per heavy atom. The van der Waals surface area contributed by atoms with Crippen LogP contribution in [0.5, 0.6) is 0 Å². The van der Waals surface area contributed by atoms with Crippen molar-refractivity contribution in [3.05, 3.63) is 11.6 Å². The molecule has 1 aromatic heterocycles. The second-order valence-electron chi connectivity index (χ2n) is 6.07. The molecular formula is C12H19N3O2. The molecule has 0 saturated heterocycles. The Morgan fingerprint density at radius 2 is 2.00 bits per heavy atom. The highest BCUT2D eigenvalue weighted by atomic mass is 16.4. The molecule has 0 amide bonds. The van der Waals surface area contributed by atoms with E-state index in [4.69, 9.17) is 0 Å². The highest BCUT2D eigenvalue weighted by Crippen LogP contribution is 2.45. The maximum atomic E-state index is 11.4. The summed E-state index contributed by atoms with van der Waals surface area (Å²) in [6.07, 6.45) is 2.10. The van der Waals surface area contributed by atoms with Crippen LogP contribution in [0.25, 0.3) is 0 Å². The third-order valence-electron chi connectivity index (χ3n) is 3.13. The molecule has 0 unspecified atom stereocenters. The number of aliphatic carboxylic acids is 1. The fourth-order valence-electron chi connectivity index (χ4n) is 2.20. The van der Waals surface area contributed by atoms with Crippen molar-refractivity contribution in [2.75, 3.05) is 0 Å². The average molecular weight is 237 g/mol. The van der Waals surface area contributed by atoms with Crippen LogP contribution in [0.4, 0.5) is 0 Å². The van der Waals surface area contributed by atoms with Gasteiger partial charge in [0.05, 0.1) is 0 Å². The molecule has 0 aliphatic heterocycles. The summed E-state index contributed by atoms with van der Waals surface area (Å²) in [5.41, 5.74) is -0.694. The molecule has 5 heteroatoms. The minimum absolute atomic E-state index is 0.0752. The molecule has 0 radical (unpaired) electrons. The molecular weight excluding hydrogens is 218 g/mol. The standard InChI is InChI=1S/C12H19N3O2/c1-8-13-14-9(7-11(2,3)4)15(8)12(5-6-12)10(16)17/h5-7H2,1-4H3,(H,16,17). The minimum Gasteiger partial charge on any atom is -0.479 e. The van der Waals surface area contributed by atoms with E-state index in [0.29, 0.717) is 18.7 Å². The lowest BCUT2D eigenvalue weighted by Gasteiger charge is -2.21. The molecule has 1 aliphatic rings. The summed E-state index contributed by atoms with van der Waals surface area (Å²) in [7, 11) is 0. The molecule has 1 saturated carbocycles. The molecule has 0 aromatic carbocycles. The smallest absolute Gasteiger partial charge is 0.329 e. The number of nitrogens with zero attached hydrogens (tertiary/aromatic N) is 3. The first kappa shape index (κ1) is 12.1. The molecule has 0 atom stereocenters. The van der Waals surface area contributed by atoms with E-state index < -0.39 is 11.5 Å². The first-order valence-electron chi connectivity index (χ1n) is 5.91. The van der Waals surface area contributed by atoms with Gasteiger partial charge in [0, 0.05) is 6.42 Å². The van der Waals surface area contributed by atoms with Crippen LogP contribution in [-0.4, -0.2) is 25.8 Å². The van der Waals surface area contributed by atoms with Crippen LogP contribution >= 0.6 is 0 Å². The molecule has 2 rings (SSSR count). The Hall–Kier alpha value is -1.39. The van der Waals surface area contributed by atoms with Gasteiger partial charge in [-0.15, -0.1) is 10.2 Å². The first-order chi connectivity index (χ1) is 7.76. The summed E-state index contributed by atoms with van der Waals surface area (Å²) < 4.78 is 1.82. The number of rotatable bonds is 3. The van der Waals surface area contributed by atoms with Gasteiger partial charge in [-0.3, -0.25) is 4.57 Å². The molecule has 1 aliphatic carbocycles. The number of hydrogen-bond donors (Lipinski definition) is 1. The van der Waals surface area contributed by atoms with Crippen molar-refractivity contribution in [1.29, 1.82) is 0 Å². The van der Waals surface area contributed by atoms with Gasteiger partial charge in [0.15, 0.2) is 0 Å². The predicted molar refractivity (Wildman–Crippen MR) is 62.8 cm³/mol. The van der Waals surface area contributed by atoms with Gasteiger partial charge in [-0.1, -0.05) is 20.8 Å². The topological polar surface area (TPSA) is 68.0 Å². The normalized spacial score (nSPS) is 18.1. The Labute approximate surface area is 101 Å². The number of hydrogen-bond acceptors (Lipinski definition) is 3. The molecule has 1 aromatic rings. The number of carboxylic acids is 1. The number of carboxylic acid groups (broad SMARTS) is 1. The zero-order valence-corrected chi connectivity index (χ0v) is 10.8. The van der Waals surface area contributed by atoms with Gasteiger partial charge >= 0.3 is 5.97 Å². The van der Waals surface area contributed by atoms with E-state index >= 15 is 0 Å². The van der Waals surface area contributed by atoms with E-state index in [9.17, 15) is 9.90 Å². The highest BCUT2D eigenvalue weighted by Gasteiger charge is 2.54. The van der Waals surface area contributed by atoms with Crippen molar-refractivity contribution in [2.45, 2.75) is 52.5 Å². The third kappa shape index (κ3) is 2.06. The number of aryl methyl sites for hydroxylation is 1. The van der Waals surface area contributed by atoms with Crippen LogP contribution in [0.15, 0.2) is 0 Å². The van der Waals surface area contributed by atoms with E-state index in [1.54, 1.807) is 0 Å². The lowest BCUT2D eigenvalue weighted by atomic mass is 9.92. The van der Waals surface area contributed by atoms with E-state index in [1.165, 1.54) is 0 Å². The Balaban J connectivity index is 2.41. The second-order valence-corrected chi connectivity index (χ2v) is 6.07. The van der Waals surface area contributed by atoms with Gasteiger partial charge in [-0.2, -0.15) is 0 Å². The van der Waals surface area contributed by atoms with Gasteiger partial charge in [0.2, 0.25) is 0 Å². The van der Waals surface area contributed by atoms with Crippen LogP contribution in [-0.2, 0) is 16.8 Å². The summed E-state index contributed by atoms with van der Waals surface area (Å²) >= 11 is 0. The molecule has 0 spiro atoms. The van der Waals surface area contributed by atoms with Crippen molar-refractivity contribution in [1.82, 2.24) is 14.8 Å². The Bertz CT molecular complexity index is 453. The lowest BCUT2D eigenvalue weighted by Crippen LogP contribution is -2.31. The fourth-order valence-corrected chi connectivity index (χ4v) is 2.20. The van der Waals surface area contributed by atoms with Crippen LogP contribution in [0.3, 0.4) is 0 Å². The van der Waals surface area contributed by atoms with Crippen molar-refractivity contribution in [3.63, 3.8) is 0 Å². The Kier molecular flexibility index (Phi) is 2.52. The molecule has 5 nitrogen and oxygen atoms in total. The van der Waals surface area contributed by atoms with Crippen LogP contribution in [0.2, 0.25) is 0 Å². The lowest BCUT2D eigenvalue weighted by molar-refractivity contribution is -0.142. The third-order valence-corrected chi connectivity index (χ3v) is 3.13. The monoisotopic (exact) mass is 237 g/mol.